The fraction of sp³-hybridized carbons (Fsp3) is 0.375. The Kier molecular flexibility index (Phi) is 7.68. The molecule has 1 heterocycles. The molecule has 0 aliphatic heterocycles. The van der Waals surface area contributed by atoms with Gasteiger partial charge >= 0.3 is 0 Å². The van der Waals surface area contributed by atoms with Gasteiger partial charge in [-0.25, -0.2) is 0 Å². The molecule has 5 rings (SSSR count). The molecule has 1 N–H and O–H groups in total. The molecule has 3 atom stereocenters. The van der Waals surface area contributed by atoms with Gasteiger partial charge in [0.15, 0.2) is 11.6 Å². The van der Waals surface area contributed by atoms with E-state index in [2.05, 4.69) is 5.16 Å². The first kappa shape index (κ1) is 25.8. The van der Waals surface area contributed by atoms with E-state index in [0.717, 1.165) is 17.5 Å². The predicted molar refractivity (Wildman–Crippen MR) is 147 cm³/mol. The molecule has 0 radical (unpaired) electrons. The van der Waals surface area contributed by atoms with E-state index in [1.165, 1.54) is 0 Å². The smallest absolute Gasteiger partial charge is 0.168 e. The van der Waals surface area contributed by atoms with Gasteiger partial charge < -0.3 is 9.63 Å². The molecule has 0 fully saturated rings. The molecule has 0 saturated heterocycles. The molecule has 6 nitrogen and oxygen atoms in total. The maximum Gasteiger partial charge on any atom is 0.168 e. The van der Waals surface area contributed by atoms with Crippen LogP contribution in [0.4, 0.5) is 0 Å². The fourth-order valence-electron chi connectivity index (χ4n) is 5.60. The number of aliphatic imine (C=N–C) groups is 1. The van der Waals surface area contributed by atoms with Crippen LogP contribution in [0.3, 0.4) is 0 Å². The summed E-state index contributed by atoms with van der Waals surface area (Å²) in [5, 5.41) is 15.3. The molecule has 2 aromatic carbocycles. The topological polar surface area (TPSA) is 92.8 Å². The van der Waals surface area contributed by atoms with Crippen LogP contribution in [0.1, 0.15) is 90.7 Å². The van der Waals surface area contributed by atoms with E-state index in [1.54, 1.807) is 0 Å². The van der Waals surface area contributed by atoms with Crippen molar-refractivity contribution in [3.05, 3.63) is 100 Å². The number of nitrogens with zero attached hydrogens (tertiary/aromatic N) is 2. The Morgan fingerprint density at radius 3 is 2.16 bits per heavy atom. The second-order valence-corrected chi connectivity index (χ2v) is 10.5. The molecule has 2 aliphatic carbocycles. The zero-order chi connectivity index (χ0) is 26.6. The summed E-state index contributed by atoms with van der Waals surface area (Å²) in [6, 6.07) is 19.9. The number of aliphatic hydroxyl groups is 1. The third kappa shape index (κ3) is 5.40. The summed E-state index contributed by atoms with van der Waals surface area (Å²) < 4.78 is 5.66. The first-order valence-electron chi connectivity index (χ1n) is 13.6. The number of benzene rings is 2. The molecule has 3 aromatic rings. The predicted octanol–water partition coefficient (Wildman–Crippen LogP) is 6.72. The van der Waals surface area contributed by atoms with Crippen LogP contribution >= 0.6 is 0 Å². The lowest BCUT2D eigenvalue weighted by atomic mass is 9.80. The molecular formula is C32H34N2O4. The molecule has 0 saturated carbocycles. The van der Waals surface area contributed by atoms with Crippen molar-refractivity contribution in [2.75, 3.05) is 0 Å². The maximum absolute atomic E-state index is 13.3. The summed E-state index contributed by atoms with van der Waals surface area (Å²) in [5.74, 6) is 0.717. The second-order valence-electron chi connectivity index (χ2n) is 10.5. The minimum atomic E-state index is -0.0892. The van der Waals surface area contributed by atoms with Crippen molar-refractivity contribution in [1.29, 1.82) is 0 Å². The minimum absolute atomic E-state index is 0.00410. The zero-order valence-electron chi connectivity index (χ0n) is 22.0. The largest absolute Gasteiger partial charge is 0.511 e. The van der Waals surface area contributed by atoms with Crippen molar-refractivity contribution in [3.8, 4) is 0 Å². The number of fused-ring (bicyclic) bond motifs is 1. The van der Waals surface area contributed by atoms with E-state index in [4.69, 9.17) is 9.52 Å². The minimum Gasteiger partial charge on any atom is -0.511 e. The molecular weight excluding hydrogens is 476 g/mol. The second kappa shape index (κ2) is 11.3. The summed E-state index contributed by atoms with van der Waals surface area (Å²) >= 11 is 0. The van der Waals surface area contributed by atoms with Gasteiger partial charge in [0.25, 0.3) is 0 Å². The van der Waals surface area contributed by atoms with Gasteiger partial charge in [0.1, 0.15) is 11.5 Å². The number of ketones is 2. The van der Waals surface area contributed by atoms with Gasteiger partial charge in [-0.05, 0) is 49.1 Å². The number of carbonyl (C=O) groups excluding carboxylic acids is 2. The number of allylic oxidation sites excluding steroid dienone is 2. The number of aryl methyl sites for hydroxylation is 1. The Morgan fingerprint density at radius 1 is 0.947 bits per heavy atom. The van der Waals surface area contributed by atoms with E-state index >= 15 is 0 Å². The highest BCUT2D eigenvalue weighted by Crippen LogP contribution is 2.36. The van der Waals surface area contributed by atoms with E-state index in [0.29, 0.717) is 66.8 Å². The maximum atomic E-state index is 13.3. The summed E-state index contributed by atoms with van der Waals surface area (Å²) in [5.41, 5.74) is 4.30. The summed E-state index contributed by atoms with van der Waals surface area (Å²) in [7, 11) is 0. The number of Topliss-reactive ketones (excluding diaryl/α,β-unsaturated/α-hetero) is 2. The van der Waals surface area contributed by atoms with Crippen LogP contribution in [0.5, 0.6) is 0 Å². The van der Waals surface area contributed by atoms with Gasteiger partial charge in [0.05, 0.1) is 16.8 Å². The Morgan fingerprint density at radius 2 is 1.55 bits per heavy atom. The number of hydrogen-bond acceptors (Lipinski definition) is 6. The van der Waals surface area contributed by atoms with Crippen molar-refractivity contribution < 1.29 is 19.2 Å². The van der Waals surface area contributed by atoms with E-state index < -0.39 is 0 Å². The molecule has 6 heteroatoms. The average Bonchev–Trinajstić information content (AvgIpc) is 3.35. The van der Waals surface area contributed by atoms with Crippen molar-refractivity contribution in [2.24, 2.45) is 4.99 Å². The van der Waals surface area contributed by atoms with Gasteiger partial charge in [-0.1, -0.05) is 72.7 Å². The molecule has 3 unspecified atom stereocenters. The molecule has 38 heavy (non-hydrogen) atoms. The summed E-state index contributed by atoms with van der Waals surface area (Å²) in [6.07, 6.45) is 3.44. The number of aliphatic hydroxyl groups excluding tert-OH is 1. The van der Waals surface area contributed by atoms with Gasteiger partial charge in [0.2, 0.25) is 0 Å². The van der Waals surface area contributed by atoms with Crippen LogP contribution in [0.15, 0.2) is 81.5 Å². The third-order valence-electron chi connectivity index (χ3n) is 7.81. The first-order chi connectivity index (χ1) is 18.4. The Balaban J connectivity index is 1.37. The fourth-order valence-corrected chi connectivity index (χ4v) is 5.60. The van der Waals surface area contributed by atoms with Crippen LogP contribution in [0.2, 0.25) is 0 Å². The quantitative estimate of drug-likeness (QED) is 0.340. The highest BCUT2D eigenvalue weighted by molar-refractivity contribution is 6.23. The van der Waals surface area contributed by atoms with Crippen LogP contribution in [-0.2, 0) is 17.6 Å². The standard InChI is InChI=1S/C32H34N2O4/c1-3-20(2)33-25(31-27(35)16-23(17-28(31)36)21-10-6-4-7-11-21)14-15-26-32-29(37)18-24(19-30(32)38-34-26)22-12-8-5-9-13-22/h4-13,20,23-24,35H,3,14-19H2,1-2H3. The average molecular weight is 511 g/mol. The van der Waals surface area contributed by atoms with Crippen LogP contribution < -0.4 is 0 Å². The molecule has 196 valence electrons. The van der Waals surface area contributed by atoms with Crippen molar-refractivity contribution in [3.63, 3.8) is 0 Å². The Labute approximate surface area is 223 Å². The van der Waals surface area contributed by atoms with Crippen LogP contribution in [-0.4, -0.2) is 33.6 Å². The SMILES string of the molecule is CCC(C)N=C(CCc1noc2c1C(=O)CC(c1ccccc1)C2)C1=C(O)CC(c2ccccc2)CC1=O. The van der Waals surface area contributed by atoms with Crippen LogP contribution in [0.25, 0.3) is 0 Å². The van der Waals surface area contributed by atoms with Crippen molar-refractivity contribution in [2.45, 2.75) is 76.7 Å². The van der Waals surface area contributed by atoms with Gasteiger partial charge in [0, 0.05) is 37.4 Å². The van der Waals surface area contributed by atoms with Gasteiger partial charge in [-0.2, -0.15) is 0 Å². The van der Waals surface area contributed by atoms with Gasteiger partial charge in [-0.15, -0.1) is 0 Å². The molecule has 1 aromatic heterocycles. The van der Waals surface area contributed by atoms with Crippen LogP contribution in [0, 0.1) is 0 Å². The Hall–Kier alpha value is -3.80. The number of carbonyl (C=O) groups is 2. The normalized spacial score (nSPS) is 20.9. The monoisotopic (exact) mass is 510 g/mol. The van der Waals surface area contributed by atoms with Gasteiger partial charge in [-0.3, -0.25) is 14.6 Å². The highest BCUT2D eigenvalue weighted by atomic mass is 16.5. The lowest BCUT2D eigenvalue weighted by Crippen LogP contribution is -2.25. The lowest BCUT2D eigenvalue weighted by molar-refractivity contribution is -0.116. The first-order valence-corrected chi connectivity index (χ1v) is 13.6. The lowest BCUT2D eigenvalue weighted by Gasteiger charge is -2.25. The summed E-state index contributed by atoms with van der Waals surface area (Å²) in [4.78, 5) is 31.3. The molecule has 0 bridgehead atoms. The molecule has 0 amide bonds. The number of rotatable bonds is 8. The van der Waals surface area contributed by atoms with E-state index in [1.807, 2.05) is 74.5 Å². The number of hydrogen-bond donors (Lipinski definition) is 1. The summed E-state index contributed by atoms with van der Waals surface area (Å²) in [6.45, 7) is 4.05. The zero-order valence-corrected chi connectivity index (χ0v) is 22.0. The molecule has 2 aliphatic rings. The van der Waals surface area contributed by atoms with Crippen molar-refractivity contribution in [1.82, 2.24) is 5.16 Å². The molecule has 0 spiro atoms. The highest BCUT2D eigenvalue weighted by Gasteiger charge is 2.34. The van der Waals surface area contributed by atoms with E-state index in [9.17, 15) is 14.7 Å². The number of aromatic nitrogens is 1. The van der Waals surface area contributed by atoms with Crippen molar-refractivity contribution >= 4 is 17.3 Å². The Bertz CT molecular complexity index is 1370. The van der Waals surface area contributed by atoms with E-state index in [-0.39, 0.29) is 35.2 Å². The third-order valence-corrected chi connectivity index (χ3v) is 7.81.